The molecule has 1 aromatic rings. The van der Waals surface area contributed by atoms with Crippen LogP contribution in [0.4, 0.5) is 0 Å². The van der Waals surface area contributed by atoms with Gasteiger partial charge in [0.15, 0.2) is 0 Å². The van der Waals surface area contributed by atoms with Gasteiger partial charge in [-0.2, -0.15) is 10.4 Å². The quantitative estimate of drug-likeness (QED) is 0.823. The molecule has 1 heterocycles. The highest BCUT2D eigenvalue weighted by Gasteiger charge is 2.36. The van der Waals surface area contributed by atoms with Gasteiger partial charge in [0.05, 0.1) is 17.8 Å². The van der Waals surface area contributed by atoms with Crippen molar-refractivity contribution < 1.29 is 0 Å². The zero-order chi connectivity index (χ0) is 11.6. The average Bonchev–Trinajstić information content (AvgIpc) is 2.76. The zero-order valence-electron chi connectivity index (χ0n) is 9.90. The summed E-state index contributed by atoms with van der Waals surface area (Å²) in [5.74, 6) is 0. The van der Waals surface area contributed by atoms with Crippen LogP contribution in [0.15, 0.2) is 12.3 Å². The second kappa shape index (κ2) is 4.26. The first-order chi connectivity index (χ1) is 7.69. The lowest BCUT2D eigenvalue weighted by Crippen LogP contribution is -2.46. The van der Waals surface area contributed by atoms with E-state index in [0.29, 0.717) is 6.04 Å². The van der Waals surface area contributed by atoms with Crippen LogP contribution in [0, 0.1) is 18.3 Å². The van der Waals surface area contributed by atoms with Crippen LogP contribution in [0.2, 0.25) is 0 Å². The van der Waals surface area contributed by atoms with E-state index in [2.05, 4.69) is 16.5 Å². The number of nitriles is 1. The lowest BCUT2D eigenvalue weighted by atomic mass is 9.80. The second-order valence-electron chi connectivity index (χ2n) is 4.63. The van der Waals surface area contributed by atoms with Crippen molar-refractivity contribution in [2.75, 3.05) is 7.05 Å². The molecule has 1 N–H and O–H groups in total. The number of aryl methyl sites for hydroxylation is 1. The summed E-state index contributed by atoms with van der Waals surface area (Å²) in [5.41, 5.74) is 0.681. The van der Waals surface area contributed by atoms with Gasteiger partial charge in [0.2, 0.25) is 0 Å². The third kappa shape index (κ3) is 1.96. The molecule has 0 bridgehead atoms. The summed E-state index contributed by atoms with van der Waals surface area (Å²) < 4.78 is 2.01. The first-order valence-electron chi connectivity index (χ1n) is 5.81. The van der Waals surface area contributed by atoms with Gasteiger partial charge in [-0.25, -0.2) is 0 Å². The lowest BCUT2D eigenvalue weighted by molar-refractivity contribution is 0.229. The first kappa shape index (κ1) is 11.2. The third-order valence-corrected chi connectivity index (χ3v) is 3.53. The maximum atomic E-state index is 9.27. The molecule has 0 spiro atoms. The van der Waals surface area contributed by atoms with Crippen LogP contribution < -0.4 is 5.32 Å². The summed E-state index contributed by atoms with van der Waals surface area (Å²) in [4.78, 5) is 0. The third-order valence-electron chi connectivity index (χ3n) is 3.53. The summed E-state index contributed by atoms with van der Waals surface area (Å²) in [6.07, 6.45) is 6.01. The van der Waals surface area contributed by atoms with E-state index < -0.39 is 0 Å². The Morgan fingerprint density at radius 2 is 2.50 bits per heavy atom. The molecule has 4 nitrogen and oxygen atoms in total. The molecule has 1 fully saturated rings. The fourth-order valence-corrected chi connectivity index (χ4v) is 2.49. The van der Waals surface area contributed by atoms with E-state index >= 15 is 0 Å². The molecule has 0 aliphatic heterocycles. The minimum atomic E-state index is -0.358. The summed E-state index contributed by atoms with van der Waals surface area (Å²) in [6.45, 7) is 1.99. The molecule has 86 valence electrons. The topological polar surface area (TPSA) is 53.6 Å². The molecular weight excluding hydrogens is 200 g/mol. The number of hydrogen-bond acceptors (Lipinski definition) is 3. The molecule has 1 aromatic heterocycles. The normalized spacial score (nSPS) is 29.9. The van der Waals surface area contributed by atoms with Crippen molar-refractivity contribution in [3.05, 3.63) is 18.0 Å². The smallest absolute Gasteiger partial charge is 0.108 e. The summed E-state index contributed by atoms with van der Waals surface area (Å²) in [7, 11) is 1.87. The molecule has 16 heavy (non-hydrogen) atoms. The largest absolute Gasteiger partial charge is 0.302 e. The van der Waals surface area contributed by atoms with Gasteiger partial charge < -0.3 is 5.32 Å². The highest BCUT2D eigenvalue weighted by molar-refractivity contribution is 5.10. The maximum absolute atomic E-state index is 9.27. The van der Waals surface area contributed by atoms with Crippen molar-refractivity contribution in [3.8, 4) is 6.07 Å². The average molecular weight is 218 g/mol. The molecule has 2 atom stereocenters. The van der Waals surface area contributed by atoms with Crippen molar-refractivity contribution in [1.82, 2.24) is 15.1 Å². The molecule has 0 radical (unpaired) electrons. The molecule has 1 saturated carbocycles. The SMILES string of the molecule is CNC1(C#N)CCCC(n2ccc(C)n2)C1. The van der Waals surface area contributed by atoms with Crippen LogP contribution in [0.25, 0.3) is 0 Å². The molecular formula is C12H18N4. The summed E-state index contributed by atoms with van der Waals surface area (Å²) >= 11 is 0. The lowest BCUT2D eigenvalue weighted by Gasteiger charge is -2.35. The van der Waals surface area contributed by atoms with Crippen molar-refractivity contribution >= 4 is 0 Å². The molecule has 0 amide bonds. The molecule has 0 saturated heterocycles. The van der Waals surface area contributed by atoms with E-state index in [-0.39, 0.29) is 5.54 Å². The predicted octanol–water partition coefficient (Wildman–Crippen LogP) is 1.79. The minimum absolute atomic E-state index is 0.356. The molecule has 0 aromatic carbocycles. The van der Waals surface area contributed by atoms with Gasteiger partial charge in [0, 0.05) is 12.6 Å². The number of nitrogens with one attached hydrogen (secondary N) is 1. The van der Waals surface area contributed by atoms with Gasteiger partial charge in [-0.3, -0.25) is 4.68 Å². The van der Waals surface area contributed by atoms with Gasteiger partial charge in [0.25, 0.3) is 0 Å². The summed E-state index contributed by atoms with van der Waals surface area (Å²) in [6, 6.07) is 4.79. The van der Waals surface area contributed by atoms with E-state index in [1.165, 1.54) is 0 Å². The molecule has 1 aliphatic rings. The van der Waals surface area contributed by atoms with Crippen molar-refractivity contribution in [3.63, 3.8) is 0 Å². The van der Waals surface area contributed by atoms with Crippen LogP contribution in [-0.2, 0) is 0 Å². The number of nitrogens with zero attached hydrogens (tertiary/aromatic N) is 3. The van der Waals surface area contributed by atoms with Crippen LogP contribution >= 0.6 is 0 Å². The Balaban J connectivity index is 2.16. The number of aromatic nitrogens is 2. The summed E-state index contributed by atoms with van der Waals surface area (Å²) in [5, 5.41) is 16.9. The number of hydrogen-bond donors (Lipinski definition) is 1. The Bertz CT molecular complexity index is 403. The maximum Gasteiger partial charge on any atom is 0.108 e. The van der Waals surface area contributed by atoms with Gasteiger partial charge >= 0.3 is 0 Å². The van der Waals surface area contributed by atoms with E-state index in [0.717, 1.165) is 31.4 Å². The monoisotopic (exact) mass is 218 g/mol. The van der Waals surface area contributed by atoms with Crippen molar-refractivity contribution in [2.45, 2.75) is 44.2 Å². The zero-order valence-corrected chi connectivity index (χ0v) is 9.90. The van der Waals surface area contributed by atoms with E-state index in [4.69, 9.17) is 0 Å². The molecule has 2 rings (SSSR count). The van der Waals surface area contributed by atoms with E-state index in [9.17, 15) is 5.26 Å². The van der Waals surface area contributed by atoms with Gasteiger partial charge in [0.1, 0.15) is 5.54 Å². The van der Waals surface area contributed by atoms with Gasteiger partial charge in [-0.15, -0.1) is 0 Å². The Labute approximate surface area is 96.3 Å². The Hall–Kier alpha value is -1.34. The van der Waals surface area contributed by atoms with Crippen molar-refractivity contribution in [2.24, 2.45) is 0 Å². The first-order valence-corrected chi connectivity index (χ1v) is 5.81. The molecule has 1 aliphatic carbocycles. The second-order valence-corrected chi connectivity index (χ2v) is 4.63. The predicted molar refractivity (Wildman–Crippen MR) is 61.9 cm³/mol. The van der Waals surface area contributed by atoms with Crippen LogP contribution in [-0.4, -0.2) is 22.4 Å². The molecule has 2 unspecified atom stereocenters. The fourth-order valence-electron chi connectivity index (χ4n) is 2.49. The Morgan fingerprint density at radius 3 is 3.06 bits per heavy atom. The minimum Gasteiger partial charge on any atom is -0.302 e. The van der Waals surface area contributed by atoms with Gasteiger partial charge in [-0.05, 0) is 39.3 Å². The fraction of sp³-hybridized carbons (Fsp3) is 0.667. The Morgan fingerprint density at radius 1 is 1.69 bits per heavy atom. The highest BCUT2D eigenvalue weighted by atomic mass is 15.3. The molecule has 4 heteroatoms. The van der Waals surface area contributed by atoms with Crippen LogP contribution in [0.3, 0.4) is 0 Å². The Kier molecular flexibility index (Phi) is 2.97. The highest BCUT2D eigenvalue weighted by Crippen LogP contribution is 2.34. The number of rotatable bonds is 2. The van der Waals surface area contributed by atoms with Gasteiger partial charge in [-0.1, -0.05) is 0 Å². The van der Waals surface area contributed by atoms with Crippen LogP contribution in [0.1, 0.15) is 37.4 Å². The van der Waals surface area contributed by atoms with E-state index in [1.54, 1.807) is 0 Å². The standard InChI is InChI=1S/C12H18N4/c1-10-5-7-16(15-10)11-4-3-6-12(8-11,9-13)14-2/h5,7,11,14H,3-4,6,8H2,1-2H3. The van der Waals surface area contributed by atoms with Crippen molar-refractivity contribution in [1.29, 1.82) is 5.26 Å². The van der Waals surface area contributed by atoms with Crippen LogP contribution in [0.5, 0.6) is 0 Å². The van der Waals surface area contributed by atoms with E-state index in [1.807, 2.05) is 30.9 Å².